The fraction of sp³-hybridized carbons (Fsp3) is 0.211. The molecule has 0 fully saturated rings. The summed E-state index contributed by atoms with van der Waals surface area (Å²) in [6.07, 6.45) is 0. The average Bonchev–Trinajstić information content (AvgIpc) is 3.09. The van der Waals surface area contributed by atoms with Crippen molar-refractivity contribution in [3.05, 3.63) is 64.1 Å². The van der Waals surface area contributed by atoms with Gasteiger partial charge >= 0.3 is 0 Å². The van der Waals surface area contributed by atoms with Gasteiger partial charge in [-0.05, 0) is 36.8 Å². The molecule has 3 aromatic rings. The summed E-state index contributed by atoms with van der Waals surface area (Å²) in [4.78, 5) is 12.1. The molecular formula is C19H18Cl2N4OS. The van der Waals surface area contributed by atoms with Gasteiger partial charge in [0.05, 0.1) is 5.75 Å². The van der Waals surface area contributed by atoms with E-state index in [1.807, 2.05) is 47.9 Å². The van der Waals surface area contributed by atoms with Crippen LogP contribution < -0.4 is 5.32 Å². The fourth-order valence-electron chi connectivity index (χ4n) is 2.51. The van der Waals surface area contributed by atoms with Crippen LogP contribution in [0.3, 0.4) is 0 Å². The van der Waals surface area contributed by atoms with Crippen molar-refractivity contribution in [2.45, 2.75) is 25.2 Å². The summed E-state index contributed by atoms with van der Waals surface area (Å²) in [5, 5.41) is 13.4. The highest BCUT2D eigenvalue weighted by molar-refractivity contribution is 7.99. The van der Waals surface area contributed by atoms with Gasteiger partial charge in [-0.3, -0.25) is 4.79 Å². The van der Waals surface area contributed by atoms with Gasteiger partial charge in [0.1, 0.15) is 0 Å². The van der Waals surface area contributed by atoms with Gasteiger partial charge in [-0.25, -0.2) is 0 Å². The number of nitrogens with one attached hydrogen (secondary N) is 1. The summed E-state index contributed by atoms with van der Waals surface area (Å²) in [6.45, 7) is 3.18. The van der Waals surface area contributed by atoms with Crippen LogP contribution in [0.1, 0.15) is 12.5 Å². The summed E-state index contributed by atoms with van der Waals surface area (Å²) in [7, 11) is 0. The zero-order valence-electron chi connectivity index (χ0n) is 14.7. The van der Waals surface area contributed by atoms with E-state index in [9.17, 15) is 4.79 Å². The number of nitrogens with zero attached hydrogens (tertiary/aromatic N) is 3. The van der Waals surface area contributed by atoms with Gasteiger partial charge in [-0.2, -0.15) is 0 Å². The SMILES string of the molecule is CCn1c(SCC(=O)NCc2ccc(Cl)cc2)nnc1-c1cccc(Cl)c1. The Labute approximate surface area is 172 Å². The third kappa shape index (κ3) is 5.25. The molecule has 140 valence electrons. The molecule has 1 heterocycles. The Bertz CT molecular complexity index is 928. The van der Waals surface area contributed by atoms with E-state index < -0.39 is 0 Å². The number of thioether (sulfide) groups is 1. The molecule has 3 rings (SSSR count). The van der Waals surface area contributed by atoms with Gasteiger partial charge in [-0.1, -0.05) is 59.2 Å². The van der Waals surface area contributed by atoms with Crippen LogP contribution in [0, 0.1) is 0 Å². The van der Waals surface area contributed by atoms with Crippen molar-refractivity contribution in [1.82, 2.24) is 20.1 Å². The van der Waals surface area contributed by atoms with Crippen molar-refractivity contribution in [3.8, 4) is 11.4 Å². The largest absolute Gasteiger partial charge is 0.351 e. The van der Waals surface area contributed by atoms with E-state index in [2.05, 4.69) is 15.5 Å². The second-order valence-electron chi connectivity index (χ2n) is 5.75. The van der Waals surface area contributed by atoms with E-state index >= 15 is 0 Å². The predicted molar refractivity (Wildman–Crippen MR) is 110 cm³/mol. The van der Waals surface area contributed by atoms with Crippen molar-refractivity contribution >= 4 is 40.9 Å². The highest BCUT2D eigenvalue weighted by Gasteiger charge is 2.14. The Morgan fingerprint density at radius 2 is 1.89 bits per heavy atom. The first-order valence-corrected chi connectivity index (χ1v) is 10.1. The normalized spacial score (nSPS) is 10.8. The molecule has 27 heavy (non-hydrogen) atoms. The molecule has 0 bridgehead atoms. The van der Waals surface area contributed by atoms with Crippen LogP contribution in [0.4, 0.5) is 0 Å². The number of aromatic nitrogens is 3. The second kappa shape index (κ2) is 9.26. The smallest absolute Gasteiger partial charge is 0.230 e. The van der Waals surface area contributed by atoms with Crippen LogP contribution in [0.5, 0.6) is 0 Å². The van der Waals surface area contributed by atoms with E-state index in [0.29, 0.717) is 28.3 Å². The highest BCUT2D eigenvalue weighted by atomic mass is 35.5. The molecule has 1 aromatic heterocycles. The van der Waals surface area contributed by atoms with Crippen molar-refractivity contribution < 1.29 is 4.79 Å². The number of benzene rings is 2. The minimum atomic E-state index is -0.0649. The first-order chi connectivity index (χ1) is 13.1. The minimum Gasteiger partial charge on any atom is -0.351 e. The van der Waals surface area contributed by atoms with Crippen LogP contribution in [-0.2, 0) is 17.9 Å². The quantitative estimate of drug-likeness (QED) is 0.563. The molecule has 2 aromatic carbocycles. The van der Waals surface area contributed by atoms with Crippen molar-refractivity contribution in [2.24, 2.45) is 0 Å². The van der Waals surface area contributed by atoms with Gasteiger partial charge in [0, 0.05) is 28.7 Å². The third-order valence-electron chi connectivity index (χ3n) is 3.85. The molecule has 0 spiro atoms. The zero-order chi connectivity index (χ0) is 19.2. The first-order valence-electron chi connectivity index (χ1n) is 8.40. The lowest BCUT2D eigenvalue weighted by Crippen LogP contribution is -2.24. The van der Waals surface area contributed by atoms with Crippen molar-refractivity contribution in [2.75, 3.05) is 5.75 Å². The van der Waals surface area contributed by atoms with Gasteiger partial charge in [0.25, 0.3) is 0 Å². The standard InChI is InChI=1S/C19H18Cl2N4OS/c1-2-25-18(14-4-3-5-16(21)10-14)23-24-19(25)27-12-17(26)22-11-13-6-8-15(20)9-7-13/h3-10H,2,11-12H2,1H3,(H,22,26). The zero-order valence-corrected chi connectivity index (χ0v) is 17.0. The molecule has 5 nitrogen and oxygen atoms in total. The van der Waals surface area contributed by atoms with E-state index in [0.717, 1.165) is 17.0 Å². The maximum absolute atomic E-state index is 12.1. The minimum absolute atomic E-state index is 0.0649. The molecule has 1 amide bonds. The molecule has 0 saturated carbocycles. The van der Waals surface area contributed by atoms with Crippen LogP contribution in [0.25, 0.3) is 11.4 Å². The monoisotopic (exact) mass is 420 g/mol. The summed E-state index contributed by atoms with van der Waals surface area (Å²) in [5.74, 6) is 0.940. The number of carbonyl (C=O) groups is 1. The molecule has 0 aliphatic carbocycles. The summed E-state index contributed by atoms with van der Waals surface area (Å²) in [6, 6.07) is 14.9. The third-order valence-corrected chi connectivity index (χ3v) is 5.31. The Morgan fingerprint density at radius 3 is 2.59 bits per heavy atom. The van der Waals surface area contributed by atoms with Gasteiger partial charge < -0.3 is 9.88 Å². The van der Waals surface area contributed by atoms with Crippen LogP contribution in [-0.4, -0.2) is 26.4 Å². The van der Waals surface area contributed by atoms with Crippen LogP contribution >= 0.6 is 35.0 Å². The van der Waals surface area contributed by atoms with Crippen molar-refractivity contribution in [1.29, 1.82) is 0 Å². The number of amides is 1. The Kier molecular flexibility index (Phi) is 6.77. The molecule has 1 N–H and O–H groups in total. The molecule has 8 heteroatoms. The van der Waals surface area contributed by atoms with E-state index in [-0.39, 0.29) is 11.7 Å². The van der Waals surface area contributed by atoms with Crippen LogP contribution in [0.2, 0.25) is 10.0 Å². The fourth-order valence-corrected chi connectivity index (χ4v) is 3.65. The Hall–Kier alpha value is -2.02. The summed E-state index contributed by atoms with van der Waals surface area (Å²) in [5.41, 5.74) is 1.90. The predicted octanol–water partition coefficient (Wildman–Crippen LogP) is 4.68. The van der Waals surface area contributed by atoms with E-state index in [4.69, 9.17) is 23.2 Å². The van der Waals surface area contributed by atoms with Crippen LogP contribution in [0.15, 0.2) is 53.7 Å². The molecule has 0 saturated heterocycles. The van der Waals surface area contributed by atoms with E-state index in [1.54, 1.807) is 12.1 Å². The number of carbonyl (C=O) groups excluding carboxylic acids is 1. The average molecular weight is 421 g/mol. The summed E-state index contributed by atoms with van der Waals surface area (Å²) >= 11 is 13.3. The maximum atomic E-state index is 12.1. The molecule has 0 atom stereocenters. The van der Waals surface area contributed by atoms with Gasteiger partial charge in [0.15, 0.2) is 11.0 Å². The lowest BCUT2D eigenvalue weighted by Gasteiger charge is -2.08. The lowest BCUT2D eigenvalue weighted by atomic mass is 10.2. The first kappa shape index (κ1) is 19.7. The maximum Gasteiger partial charge on any atom is 0.230 e. The van der Waals surface area contributed by atoms with Gasteiger partial charge in [-0.15, -0.1) is 10.2 Å². The number of rotatable bonds is 7. The lowest BCUT2D eigenvalue weighted by molar-refractivity contribution is -0.118. The highest BCUT2D eigenvalue weighted by Crippen LogP contribution is 2.25. The van der Waals surface area contributed by atoms with Gasteiger partial charge in [0.2, 0.25) is 5.91 Å². The molecule has 0 aliphatic rings. The second-order valence-corrected chi connectivity index (χ2v) is 7.57. The number of hydrogen-bond donors (Lipinski definition) is 1. The Balaban J connectivity index is 1.60. The molecule has 0 unspecified atom stereocenters. The number of halogens is 2. The molecular weight excluding hydrogens is 403 g/mol. The molecule has 0 aliphatic heterocycles. The Morgan fingerprint density at radius 1 is 1.11 bits per heavy atom. The molecule has 0 radical (unpaired) electrons. The summed E-state index contributed by atoms with van der Waals surface area (Å²) < 4.78 is 1.98. The van der Waals surface area contributed by atoms with E-state index in [1.165, 1.54) is 11.8 Å². The topological polar surface area (TPSA) is 59.8 Å². The number of hydrogen-bond acceptors (Lipinski definition) is 4. The van der Waals surface area contributed by atoms with Crippen molar-refractivity contribution in [3.63, 3.8) is 0 Å².